The number of rotatable bonds is 4. The highest BCUT2D eigenvalue weighted by atomic mass is 32.2. The Balaban J connectivity index is 2.38. The van der Waals surface area contributed by atoms with Gasteiger partial charge in [0.25, 0.3) is 0 Å². The summed E-state index contributed by atoms with van der Waals surface area (Å²) >= 11 is 0. The average molecular weight is 205 g/mol. The molecule has 13 heavy (non-hydrogen) atoms. The number of nitrogens with two attached hydrogens (primary N) is 1. The zero-order valence-electron chi connectivity index (χ0n) is 8.36. The highest BCUT2D eigenvalue weighted by molar-refractivity contribution is 7.85. The van der Waals surface area contributed by atoms with E-state index < -0.39 is 10.8 Å². The third kappa shape index (κ3) is 3.04. The van der Waals surface area contributed by atoms with Crippen molar-refractivity contribution in [3.05, 3.63) is 0 Å². The van der Waals surface area contributed by atoms with Gasteiger partial charge in [-0.1, -0.05) is 6.92 Å². The van der Waals surface area contributed by atoms with E-state index in [1.54, 1.807) is 0 Å². The molecule has 1 aliphatic rings. The van der Waals surface area contributed by atoms with Crippen LogP contribution in [0.4, 0.5) is 0 Å². The summed E-state index contributed by atoms with van der Waals surface area (Å²) in [5.41, 5.74) is 5.75. The van der Waals surface area contributed by atoms with Crippen molar-refractivity contribution in [3.63, 3.8) is 0 Å². The van der Waals surface area contributed by atoms with Crippen LogP contribution in [0, 0.1) is 0 Å². The average Bonchev–Trinajstić information content (AvgIpc) is 2.51. The van der Waals surface area contributed by atoms with E-state index >= 15 is 0 Å². The van der Waals surface area contributed by atoms with E-state index in [0.717, 1.165) is 19.4 Å². The Bertz CT molecular complexity index is 186. The molecule has 0 aromatic carbocycles. The second kappa shape index (κ2) is 5.08. The van der Waals surface area contributed by atoms with Crippen LogP contribution < -0.4 is 5.73 Å². The molecular formula is C9H19NO2S. The molecule has 1 rings (SSSR count). The van der Waals surface area contributed by atoms with Gasteiger partial charge in [0.15, 0.2) is 0 Å². The first-order valence-electron chi connectivity index (χ1n) is 4.89. The lowest BCUT2D eigenvalue weighted by atomic mass is 10.2. The molecule has 0 aromatic heterocycles. The van der Waals surface area contributed by atoms with E-state index in [1.165, 1.54) is 0 Å². The Morgan fingerprint density at radius 1 is 1.69 bits per heavy atom. The van der Waals surface area contributed by atoms with Crippen LogP contribution in [0.25, 0.3) is 0 Å². The molecule has 0 aromatic rings. The van der Waals surface area contributed by atoms with Crippen LogP contribution in [0.5, 0.6) is 0 Å². The summed E-state index contributed by atoms with van der Waals surface area (Å²) in [7, 11) is -0.805. The molecule has 0 aliphatic carbocycles. The molecule has 2 N–H and O–H groups in total. The minimum atomic E-state index is -0.805. The molecule has 0 saturated carbocycles. The van der Waals surface area contributed by atoms with Gasteiger partial charge in [0.05, 0.1) is 11.4 Å². The van der Waals surface area contributed by atoms with E-state index in [1.807, 2.05) is 13.8 Å². The Kier molecular flexibility index (Phi) is 4.35. The Morgan fingerprint density at radius 3 is 2.85 bits per heavy atom. The van der Waals surface area contributed by atoms with Crippen molar-refractivity contribution in [1.29, 1.82) is 0 Å². The second-order valence-corrected chi connectivity index (χ2v) is 5.32. The van der Waals surface area contributed by atoms with Crippen molar-refractivity contribution in [1.82, 2.24) is 0 Å². The highest BCUT2D eigenvalue weighted by Gasteiger charge is 2.29. The van der Waals surface area contributed by atoms with Gasteiger partial charge < -0.3 is 10.5 Å². The molecule has 0 amide bonds. The van der Waals surface area contributed by atoms with E-state index in [9.17, 15) is 4.21 Å². The lowest BCUT2D eigenvalue weighted by Crippen LogP contribution is -2.33. The SMILES string of the molecule is CCC(N)CS(=O)C1CCOC1C. The molecule has 0 bridgehead atoms. The van der Waals surface area contributed by atoms with Crippen molar-refractivity contribution >= 4 is 10.8 Å². The Hall–Kier alpha value is 0.0700. The monoisotopic (exact) mass is 205 g/mol. The van der Waals surface area contributed by atoms with Gasteiger partial charge in [-0.2, -0.15) is 0 Å². The van der Waals surface area contributed by atoms with Gasteiger partial charge in [0.2, 0.25) is 0 Å². The zero-order valence-corrected chi connectivity index (χ0v) is 9.18. The van der Waals surface area contributed by atoms with Crippen LogP contribution in [0.1, 0.15) is 26.7 Å². The van der Waals surface area contributed by atoms with Crippen molar-refractivity contribution in [2.45, 2.75) is 44.1 Å². The molecule has 4 unspecified atom stereocenters. The van der Waals surface area contributed by atoms with Crippen molar-refractivity contribution in [2.75, 3.05) is 12.4 Å². The van der Waals surface area contributed by atoms with Crippen molar-refractivity contribution in [2.24, 2.45) is 5.73 Å². The van der Waals surface area contributed by atoms with Crippen LogP contribution in [-0.4, -0.2) is 34.0 Å². The lowest BCUT2D eigenvalue weighted by molar-refractivity contribution is 0.127. The summed E-state index contributed by atoms with van der Waals surface area (Å²) in [5.74, 6) is 0.620. The molecule has 78 valence electrons. The first-order valence-corrected chi connectivity index (χ1v) is 6.27. The maximum Gasteiger partial charge on any atom is 0.0691 e. The molecule has 1 fully saturated rings. The predicted octanol–water partition coefficient (Wildman–Crippen LogP) is 0.650. The summed E-state index contributed by atoms with van der Waals surface area (Å²) in [4.78, 5) is 0. The summed E-state index contributed by atoms with van der Waals surface area (Å²) in [6.45, 7) is 4.77. The van der Waals surface area contributed by atoms with Gasteiger partial charge in [-0.15, -0.1) is 0 Å². The molecule has 1 saturated heterocycles. The fraction of sp³-hybridized carbons (Fsp3) is 1.00. The summed E-state index contributed by atoms with van der Waals surface area (Å²) < 4.78 is 17.1. The fourth-order valence-electron chi connectivity index (χ4n) is 1.51. The smallest absolute Gasteiger partial charge is 0.0691 e. The third-order valence-electron chi connectivity index (χ3n) is 2.55. The van der Waals surface area contributed by atoms with Crippen LogP contribution in [0.2, 0.25) is 0 Å². The second-order valence-electron chi connectivity index (χ2n) is 3.62. The van der Waals surface area contributed by atoms with Crippen LogP contribution in [0.3, 0.4) is 0 Å². The predicted molar refractivity (Wildman–Crippen MR) is 55.1 cm³/mol. The Morgan fingerprint density at radius 2 is 2.38 bits per heavy atom. The molecule has 4 atom stereocenters. The van der Waals surface area contributed by atoms with Gasteiger partial charge in [-0.25, -0.2) is 0 Å². The van der Waals surface area contributed by atoms with Gasteiger partial charge in [-0.3, -0.25) is 4.21 Å². The topological polar surface area (TPSA) is 52.3 Å². The Labute approximate surface area is 82.5 Å². The third-order valence-corrected chi connectivity index (χ3v) is 4.60. The van der Waals surface area contributed by atoms with Crippen LogP contribution in [-0.2, 0) is 15.5 Å². The molecule has 1 heterocycles. The maximum absolute atomic E-state index is 11.8. The van der Waals surface area contributed by atoms with Gasteiger partial charge in [0.1, 0.15) is 0 Å². The molecule has 3 nitrogen and oxygen atoms in total. The maximum atomic E-state index is 11.8. The summed E-state index contributed by atoms with van der Waals surface area (Å²) in [6.07, 6.45) is 1.96. The molecular weight excluding hydrogens is 186 g/mol. The number of hydrogen-bond donors (Lipinski definition) is 1. The molecule has 0 radical (unpaired) electrons. The molecule has 0 spiro atoms. The highest BCUT2D eigenvalue weighted by Crippen LogP contribution is 2.19. The zero-order chi connectivity index (χ0) is 9.84. The van der Waals surface area contributed by atoms with Crippen LogP contribution >= 0.6 is 0 Å². The van der Waals surface area contributed by atoms with E-state index in [4.69, 9.17) is 10.5 Å². The summed E-state index contributed by atoms with van der Waals surface area (Å²) in [5, 5.41) is 0.206. The first kappa shape index (κ1) is 11.1. The van der Waals surface area contributed by atoms with Crippen molar-refractivity contribution < 1.29 is 8.95 Å². The fourth-order valence-corrected chi connectivity index (χ4v) is 3.28. The normalized spacial score (nSPS) is 33.2. The van der Waals surface area contributed by atoms with E-state index in [2.05, 4.69) is 0 Å². The van der Waals surface area contributed by atoms with Gasteiger partial charge in [0, 0.05) is 29.2 Å². The molecule has 4 heteroatoms. The first-order chi connectivity index (χ1) is 6.15. The lowest BCUT2D eigenvalue weighted by Gasteiger charge is -2.16. The number of hydrogen-bond acceptors (Lipinski definition) is 3. The largest absolute Gasteiger partial charge is 0.377 e. The van der Waals surface area contributed by atoms with Gasteiger partial charge >= 0.3 is 0 Å². The quantitative estimate of drug-likeness (QED) is 0.733. The standard InChI is InChI=1S/C9H19NO2S/c1-3-8(10)6-13(11)9-4-5-12-7(9)2/h7-9H,3-6,10H2,1-2H3. The van der Waals surface area contributed by atoms with Crippen LogP contribution in [0.15, 0.2) is 0 Å². The van der Waals surface area contributed by atoms with Gasteiger partial charge in [-0.05, 0) is 19.8 Å². The minimum absolute atomic E-state index is 0.0774. The van der Waals surface area contributed by atoms with Crippen molar-refractivity contribution in [3.8, 4) is 0 Å². The summed E-state index contributed by atoms with van der Waals surface area (Å²) in [6, 6.07) is 0.0774. The number of ether oxygens (including phenoxy) is 1. The molecule has 1 aliphatic heterocycles. The minimum Gasteiger partial charge on any atom is -0.377 e. The van der Waals surface area contributed by atoms with E-state index in [-0.39, 0.29) is 17.4 Å². The van der Waals surface area contributed by atoms with E-state index in [0.29, 0.717) is 5.75 Å².